The summed E-state index contributed by atoms with van der Waals surface area (Å²) < 4.78 is 5.09. The molecule has 0 aliphatic rings. The minimum Gasteiger partial charge on any atom is -0.497 e. The molecular formula is C14H16N4O2. The number of carbonyl (C=O) groups excluding carboxylic acids is 1. The van der Waals surface area contributed by atoms with E-state index in [-0.39, 0.29) is 6.03 Å². The first-order valence-electron chi connectivity index (χ1n) is 6.06. The molecule has 2 amide bonds. The van der Waals surface area contributed by atoms with Gasteiger partial charge in [-0.3, -0.25) is 0 Å². The maximum Gasteiger partial charge on any atom is 0.319 e. The van der Waals surface area contributed by atoms with E-state index in [1.165, 1.54) is 0 Å². The molecule has 0 saturated carbocycles. The number of nitrogens with one attached hydrogen (secondary N) is 2. The third kappa shape index (κ3) is 3.88. The van der Waals surface area contributed by atoms with Crippen LogP contribution in [-0.4, -0.2) is 18.1 Å². The Morgan fingerprint density at radius 3 is 2.90 bits per heavy atom. The summed E-state index contributed by atoms with van der Waals surface area (Å²) in [5.74, 6) is 1.14. The number of hydrogen-bond acceptors (Lipinski definition) is 4. The molecule has 0 unspecified atom stereocenters. The Bertz CT molecular complexity index is 584. The van der Waals surface area contributed by atoms with Gasteiger partial charge in [0, 0.05) is 24.5 Å². The molecule has 4 N–H and O–H groups in total. The van der Waals surface area contributed by atoms with E-state index in [2.05, 4.69) is 15.6 Å². The van der Waals surface area contributed by atoms with E-state index < -0.39 is 0 Å². The molecule has 6 heteroatoms. The summed E-state index contributed by atoms with van der Waals surface area (Å²) in [5.41, 5.74) is 7.03. The number of nitrogens with zero attached hydrogens (tertiary/aromatic N) is 1. The van der Waals surface area contributed by atoms with E-state index in [1.54, 1.807) is 37.6 Å². The smallest absolute Gasteiger partial charge is 0.319 e. The van der Waals surface area contributed by atoms with Crippen molar-refractivity contribution in [2.75, 3.05) is 18.2 Å². The van der Waals surface area contributed by atoms with E-state index >= 15 is 0 Å². The first kappa shape index (κ1) is 13.7. The molecule has 2 aromatic rings. The second-order valence-electron chi connectivity index (χ2n) is 4.13. The summed E-state index contributed by atoms with van der Waals surface area (Å²) >= 11 is 0. The van der Waals surface area contributed by atoms with Gasteiger partial charge in [-0.2, -0.15) is 0 Å². The zero-order valence-electron chi connectivity index (χ0n) is 11.1. The first-order valence-corrected chi connectivity index (χ1v) is 6.06. The lowest BCUT2D eigenvalue weighted by Gasteiger charge is -2.08. The summed E-state index contributed by atoms with van der Waals surface area (Å²) in [7, 11) is 1.58. The zero-order valence-corrected chi connectivity index (χ0v) is 11.1. The van der Waals surface area contributed by atoms with Crippen LogP contribution in [0.4, 0.5) is 16.3 Å². The lowest BCUT2D eigenvalue weighted by molar-refractivity contribution is 0.251. The van der Waals surface area contributed by atoms with Crippen LogP contribution < -0.4 is 21.1 Å². The number of urea groups is 1. The summed E-state index contributed by atoms with van der Waals surface area (Å²) in [6, 6.07) is 10.3. The van der Waals surface area contributed by atoms with Crippen LogP contribution in [0.5, 0.6) is 5.75 Å². The number of amides is 2. The highest BCUT2D eigenvalue weighted by Crippen LogP contribution is 2.16. The molecular weight excluding hydrogens is 256 g/mol. The van der Waals surface area contributed by atoms with Gasteiger partial charge in [0.25, 0.3) is 0 Å². The first-order chi connectivity index (χ1) is 9.67. The summed E-state index contributed by atoms with van der Waals surface area (Å²) in [6.07, 6.45) is 1.63. The van der Waals surface area contributed by atoms with Crippen LogP contribution in [0.2, 0.25) is 0 Å². The van der Waals surface area contributed by atoms with Gasteiger partial charge in [-0.15, -0.1) is 0 Å². The van der Waals surface area contributed by atoms with Gasteiger partial charge in [0.2, 0.25) is 0 Å². The van der Waals surface area contributed by atoms with Crippen molar-refractivity contribution in [2.45, 2.75) is 6.54 Å². The number of anilines is 2. The fraction of sp³-hybridized carbons (Fsp3) is 0.143. The molecule has 20 heavy (non-hydrogen) atoms. The molecule has 0 atom stereocenters. The van der Waals surface area contributed by atoms with Crippen LogP contribution in [0, 0.1) is 0 Å². The monoisotopic (exact) mass is 272 g/mol. The van der Waals surface area contributed by atoms with Crippen LogP contribution in [0.15, 0.2) is 42.6 Å². The van der Waals surface area contributed by atoms with Gasteiger partial charge in [-0.1, -0.05) is 12.1 Å². The van der Waals surface area contributed by atoms with Gasteiger partial charge in [0.1, 0.15) is 11.6 Å². The molecule has 0 radical (unpaired) electrons. The van der Waals surface area contributed by atoms with Crippen molar-refractivity contribution in [3.05, 3.63) is 48.2 Å². The number of carbonyl (C=O) groups is 1. The van der Waals surface area contributed by atoms with Gasteiger partial charge in [0.05, 0.1) is 7.11 Å². The Labute approximate surface area is 117 Å². The Balaban J connectivity index is 1.87. The third-order valence-corrected chi connectivity index (χ3v) is 2.63. The SMILES string of the molecule is COc1cccc(NC(=O)NCc2ccc(N)nc2)c1. The second kappa shape index (κ2) is 6.42. The van der Waals surface area contributed by atoms with Gasteiger partial charge in [-0.05, 0) is 23.8 Å². The minimum atomic E-state index is -0.296. The molecule has 1 heterocycles. The number of benzene rings is 1. The van der Waals surface area contributed by atoms with E-state index in [0.29, 0.717) is 23.8 Å². The van der Waals surface area contributed by atoms with Crippen molar-refractivity contribution in [2.24, 2.45) is 0 Å². The quantitative estimate of drug-likeness (QED) is 0.794. The van der Waals surface area contributed by atoms with Gasteiger partial charge in [0.15, 0.2) is 0 Å². The van der Waals surface area contributed by atoms with Gasteiger partial charge in [-0.25, -0.2) is 9.78 Å². The zero-order chi connectivity index (χ0) is 14.4. The Morgan fingerprint density at radius 1 is 1.35 bits per heavy atom. The highest BCUT2D eigenvalue weighted by atomic mass is 16.5. The molecule has 0 aliphatic carbocycles. The van der Waals surface area contributed by atoms with Crippen LogP contribution in [0.1, 0.15) is 5.56 Å². The predicted molar refractivity (Wildman–Crippen MR) is 77.5 cm³/mol. The van der Waals surface area contributed by atoms with Crippen molar-refractivity contribution in [3.63, 3.8) is 0 Å². The second-order valence-corrected chi connectivity index (χ2v) is 4.13. The Morgan fingerprint density at radius 2 is 2.20 bits per heavy atom. The molecule has 104 valence electrons. The number of methoxy groups -OCH3 is 1. The van der Waals surface area contributed by atoms with E-state index in [4.69, 9.17) is 10.5 Å². The highest BCUT2D eigenvalue weighted by molar-refractivity contribution is 5.89. The average molecular weight is 272 g/mol. The Kier molecular flexibility index (Phi) is 4.39. The van der Waals surface area contributed by atoms with E-state index in [1.807, 2.05) is 12.1 Å². The van der Waals surface area contributed by atoms with Crippen LogP contribution in [0.25, 0.3) is 0 Å². The average Bonchev–Trinajstić information content (AvgIpc) is 2.47. The lowest BCUT2D eigenvalue weighted by atomic mass is 10.3. The largest absolute Gasteiger partial charge is 0.497 e. The number of rotatable bonds is 4. The van der Waals surface area contributed by atoms with Crippen molar-refractivity contribution < 1.29 is 9.53 Å². The van der Waals surface area contributed by atoms with Crippen LogP contribution in [-0.2, 0) is 6.54 Å². The molecule has 0 bridgehead atoms. The van der Waals surface area contributed by atoms with Gasteiger partial charge < -0.3 is 21.1 Å². The molecule has 0 aliphatic heterocycles. The number of ether oxygens (including phenoxy) is 1. The minimum absolute atomic E-state index is 0.296. The lowest BCUT2D eigenvalue weighted by Crippen LogP contribution is -2.28. The number of nitrogen functional groups attached to an aromatic ring is 1. The van der Waals surface area contributed by atoms with E-state index in [9.17, 15) is 4.79 Å². The van der Waals surface area contributed by atoms with E-state index in [0.717, 1.165) is 5.56 Å². The molecule has 2 rings (SSSR count). The maximum atomic E-state index is 11.7. The number of pyridine rings is 1. The molecule has 0 spiro atoms. The fourth-order valence-corrected chi connectivity index (χ4v) is 1.60. The molecule has 1 aromatic carbocycles. The maximum absolute atomic E-state index is 11.7. The number of nitrogens with two attached hydrogens (primary N) is 1. The van der Waals surface area contributed by atoms with Gasteiger partial charge >= 0.3 is 6.03 Å². The Hall–Kier alpha value is -2.76. The fourth-order valence-electron chi connectivity index (χ4n) is 1.60. The summed E-state index contributed by atoms with van der Waals surface area (Å²) in [4.78, 5) is 15.7. The predicted octanol–water partition coefficient (Wildman–Crippen LogP) is 1.99. The van der Waals surface area contributed by atoms with Crippen molar-refractivity contribution >= 4 is 17.5 Å². The van der Waals surface area contributed by atoms with Crippen molar-refractivity contribution in [1.82, 2.24) is 10.3 Å². The summed E-state index contributed by atoms with van der Waals surface area (Å²) in [5, 5.41) is 5.46. The molecule has 1 aromatic heterocycles. The van der Waals surface area contributed by atoms with Crippen molar-refractivity contribution in [3.8, 4) is 5.75 Å². The molecule has 0 saturated heterocycles. The topological polar surface area (TPSA) is 89.3 Å². The number of hydrogen-bond donors (Lipinski definition) is 3. The molecule has 0 fully saturated rings. The number of aromatic nitrogens is 1. The van der Waals surface area contributed by atoms with Crippen LogP contribution in [0.3, 0.4) is 0 Å². The van der Waals surface area contributed by atoms with Crippen molar-refractivity contribution in [1.29, 1.82) is 0 Å². The standard InChI is InChI=1S/C14H16N4O2/c1-20-12-4-2-3-11(7-12)18-14(19)17-9-10-5-6-13(15)16-8-10/h2-8H,9H2,1H3,(H2,15,16)(H2,17,18,19). The normalized spacial score (nSPS) is 9.85. The molecule has 6 nitrogen and oxygen atoms in total. The summed E-state index contributed by atoms with van der Waals surface area (Å²) in [6.45, 7) is 0.378. The van der Waals surface area contributed by atoms with Crippen LogP contribution >= 0.6 is 0 Å². The highest BCUT2D eigenvalue weighted by Gasteiger charge is 2.03. The third-order valence-electron chi connectivity index (χ3n) is 2.63.